The van der Waals surface area contributed by atoms with Gasteiger partial charge in [-0.3, -0.25) is 4.79 Å². The molecule has 1 aliphatic rings. The Morgan fingerprint density at radius 3 is 2.75 bits per heavy atom. The van der Waals surface area contributed by atoms with Crippen LogP contribution >= 0.6 is 11.6 Å². The Hall–Kier alpha value is -1.59. The first-order valence-corrected chi connectivity index (χ1v) is 6.85. The third-order valence-electron chi connectivity index (χ3n) is 3.61. The van der Waals surface area contributed by atoms with Gasteiger partial charge in [-0.2, -0.15) is 0 Å². The molecule has 108 valence electrons. The Labute approximate surface area is 122 Å². The summed E-state index contributed by atoms with van der Waals surface area (Å²) in [4.78, 5) is 23.2. The molecular formula is C14H17ClN2O3. The first kappa shape index (κ1) is 14.8. The maximum Gasteiger partial charge on any atom is 0.335 e. The smallest absolute Gasteiger partial charge is 0.335 e. The first-order valence-electron chi connectivity index (χ1n) is 6.47. The van der Waals surface area contributed by atoms with E-state index >= 15 is 0 Å². The molecule has 0 aromatic heterocycles. The Kier molecular flexibility index (Phi) is 4.30. The van der Waals surface area contributed by atoms with Crippen LogP contribution in [-0.4, -0.2) is 30.1 Å². The second kappa shape index (κ2) is 5.81. The van der Waals surface area contributed by atoms with Crippen LogP contribution in [0.2, 0.25) is 5.02 Å². The largest absolute Gasteiger partial charge is 0.478 e. The highest BCUT2D eigenvalue weighted by atomic mass is 35.5. The Morgan fingerprint density at radius 1 is 1.45 bits per heavy atom. The molecular weight excluding hydrogens is 280 g/mol. The molecule has 0 bridgehead atoms. The zero-order valence-corrected chi connectivity index (χ0v) is 12.0. The summed E-state index contributed by atoms with van der Waals surface area (Å²) in [7, 11) is 0. The fourth-order valence-electron chi connectivity index (χ4n) is 2.27. The van der Waals surface area contributed by atoms with Crippen molar-refractivity contribution in [1.82, 2.24) is 5.32 Å². The molecule has 0 saturated carbocycles. The lowest BCUT2D eigenvalue weighted by Crippen LogP contribution is -2.46. The molecule has 1 atom stereocenters. The van der Waals surface area contributed by atoms with Gasteiger partial charge in [0, 0.05) is 6.54 Å². The molecule has 1 aliphatic heterocycles. The van der Waals surface area contributed by atoms with E-state index in [2.05, 4.69) is 10.6 Å². The number of halogens is 1. The van der Waals surface area contributed by atoms with Crippen molar-refractivity contribution < 1.29 is 14.7 Å². The van der Waals surface area contributed by atoms with Gasteiger partial charge in [-0.05, 0) is 44.5 Å². The standard InChI is InChI=1S/C14H17ClN2O3/c1-14(5-2-6-16-8-14)13(20)17-11-4-3-9(12(18)19)7-10(11)15/h3-4,7,16H,2,5-6,8H2,1H3,(H,17,20)(H,18,19). The average molecular weight is 297 g/mol. The third kappa shape index (κ3) is 3.11. The predicted molar refractivity (Wildman–Crippen MR) is 77.3 cm³/mol. The topological polar surface area (TPSA) is 78.4 Å². The molecule has 2 rings (SSSR count). The van der Waals surface area contributed by atoms with Crippen molar-refractivity contribution in [3.63, 3.8) is 0 Å². The number of carbonyl (C=O) groups excluding carboxylic acids is 1. The van der Waals surface area contributed by atoms with Crippen LogP contribution < -0.4 is 10.6 Å². The molecule has 0 aliphatic carbocycles. The molecule has 0 spiro atoms. The Balaban J connectivity index is 2.13. The van der Waals surface area contributed by atoms with E-state index in [1.54, 1.807) is 0 Å². The number of piperidine rings is 1. The molecule has 6 heteroatoms. The average Bonchev–Trinajstić information content (AvgIpc) is 2.41. The van der Waals surface area contributed by atoms with Crippen LogP contribution in [0.1, 0.15) is 30.1 Å². The van der Waals surface area contributed by atoms with Crippen LogP contribution in [-0.2, 0) is 4.79 Å². The summed E-state index contributed by atoms with van der Waals surface area (Å²) >= 11 is 6.01. The fourth-order valence-corrected chi connectivity index (χ4v) is 2.50. The second-order valence-corrected chi connectivity index (χ2v) is 5.70. The molecule has 20 heavy (non-hydrogen) atoms. The maximum absolute atomic E-state index is 12.3. The van der Waals surface area contributed by atoms with Crippen molar-refractivity contribution in [3.05, 3.63) is 28.8 Å². The van der Waals surface area contributed by atoms with Crippen LogP contribution in [0.25, 0.3) is 0 Å². The Morgan fingerprint density at radius 2 is 2.20 bits per heavy atom. The van der Waals surface area contributed by atoms with Gasteiger partial charge in [0.1, 0.15) is 0 Å². The van der Waals surface area contributed by atoms with E-state index in [4.69, 9.17) is 16.7 Å². The van der Waals surface area contributed by atoms with Crippen LogP contribution in [0.4, 0.5) is 5.69 Å². The van der Waals surface area contributed by atoms with Crippen molar-refractivity contribution in [3.8, 4) is 0 Å². The van der Waals surface area contributed by atoms with E-state index in [1.807, 2.05) is 6.92 Å². The van der Waals surface area contributed by atoms with Gasteiger partial charge in [-0.1, -0.05) is 11.6 Å². The number of carboxylic acid groups (broad SMARTS) is 1. The second-order valence-electron chi connectivity index (χ2n) is 5.29. The summed E-state index contributed by atoms with van der Waals surface area (Å²) in [6, 6.07) is 4.27. The van der Waals surface area contributed by atoms with E-state index in [-0.39, 0.29) is 16.5 Å². The fraction of sp³-hybridized carbons (Fsp3) is 0.429. The summed E-state index contributed by atoms with van der Waals surface area (Å²) in [5.41, 5.74) is 0.0690. The minimum Gasteiger partial charge on any atom is -0.478 e. The quantitative estimate of drug-likeness (QED) is 0.800. The number of rotatable bonds is 3. The molecule has 3 N–H and O–H groups in total. The molecule has 1 unspecified atom stereocenters. The van der Waals surface area contributed by atoms with Crippen LogP contribution in [0.3, 0.4) is 0 Å². The molecule has 1 saturated heterocycles. The highest BCUT2D eigenvalue weighted by molar-refractivity contribution is 6.34. The number of aromatic carboxylic acids is 1. The Bertz CT molecular complexity index is 539. The monoisotopic (exact) mass is 296 g/mol. The molecule has 0 radical (unpaired) electrons. The number of carbonyl (C=O) groups is 2. The van der Waals surface area contributed by atoms with Gasteiger partial charge in [0.15, 0.2) is 0 Å². The van der Waals surface area contributed by atoms with E-state index in [1.165, 1.54) is 18.2 Å². The number of anilines is 1. The molecule has 1 fully saturated rings. The number of benzene rings is 1. The van der Waals surface area contributed by atoms with Gasteiger partial charge in [-0.25, -0.2) is 4.79 Å². The van der Waals surface area contributed by atoms with E-state index in [0.29, 0.717) is 12.2 Å². The minimum absolute atomic E-state index is 0.0959. The molecule has 1 heterocycles. The lowest BCUT2D eigenvalue weighted by molar-refractivity contribution is -0.125. The van der Waals surface area contributed by atoms with E-state index < -0.39 is 11.4 Å². The number of amides is 1. The third-order valence-corrected chi connectivity index (χ3v) is 3.92. The lowest BCUT2D eigenvalue weighted by Gasteiger charge is -2.32. The van der Waals surface area contributed by atoms with Gasteiger partial charge in [0.2, 0.25) is 5.91 Å². The van der Waals surface area contributed by atoms with Gasteiger partial charge in [0.25, 0.3) is 0 Å². The van der Waals surface area contributed by atoms with Crippen LogP contribution in [0, 0.1) is 5.41 Å². The number of nitrogens with one attached hydrogen (secondary N) is 2. The van der Waals surface area contributed by atoms with Crippen molar-refractivity contribution in [2.75, 3.05) is 18.4 Å². The minimum atomic E-state index is -1.05. The van der Waals surface area contributed by atoms with E-state index in [0.717, 1.165) is 19.4 Å². The molecule has 1 aromatic rings. The van der Waals surface area contributed by atoms with Crippen molar-refractivity contribution in [2.45, 2.75) is 19.8 Å². The highest BCUT2D eigenvalue weighted by Gasteiger charge is 2.34. The summed E-state index contributed by atoms with van der Waals surface area (Å²) in [5.74, 6) is -1.15. The van der Waals surface area contributed by atoms with E-state index in [9.17, 15) is 9.59 Å². The summed E-state index contributed by atoms with van der Waals surface area (Å²) < 4.78 is 0. The van der Waals surface area contributed by atoms with Crippen molar-refractivity contribution >= 4 is 29.2 Å². The van der Waals surface area contributed by atoms with Crippen molar-refractivity contribution in [1.29, 1.82) is 0 Å². The number of carboxylic acids is 1. The molecule has 1 aromatic carbocycles. The lowest BCUT2D eigenvalue weighted by atomic mass is 9.82. The maximum atomic E-state index is 12.3. The summed E-state index contributed by atoms with van der Waals surface area (Å²) in [6.07, 6.45) is 1.77. The van der Waals surface area contributed by atoms with Gasteiger partial charge in [-0.15, -0.1) is 0 Å². The van der Waals surface area contributed by atoms with Gasteiger partial charge < -0.3 is 15.7 Å². The van der Waals surface area contributed by atoms with Crippen LogP contribution in [0.15, 0.2) is 18.2 Å². The zero-order chi connectivity index (χ0) is 14.8. The normalized spacial score (nSPS) is 22.3. The first-order chi connectivity index (χ1) is 9.42. The molecule has 5 nitrogen and oxygen atoms in total. The number of hydrogen-bond donors (Lipinski definition) is 3. The van der Waals surface area contributed by atoms with Gasteiger partial charge in [0.05, 0.1) is 21.7 Å². The zero-order valence-electron chi connectivity index (χ0n) is 11.2. The summed E-state index contributed by atoms with van der Waals surface area (Å²) in [5, 5.41) is 15.1. The highest BCUT2D eigenvalue weighted by Crippen LogP contribution is 2.29. The van der Waals surface area contributed by atoms with Gasteiger partial charge >= 0.3 is 5.97 Å². The van der Waals surface area contributed by atoms with Crippen LogP contribution in [0.5, 0.6) is 0 Å². The molecule has 1 amide bonds. The summed E-state index contributed by atoms with van der Waals surface area (Å²) in [6.45, 7) is 3.47. The predicted octanol–water partition coefficient (Wildman–Crippen LogP) is 2.37. The SMILES string of the molecule is CC1(C(=O)Nc2ccc(C(=O)O)cc2Cl)CCCNC1. The van der Waals surface area contributed by atoms with Crippen molar-refractivity contribution in [2.24, 2.45) is 5.41 Å². The number of hydrogen-bond acceptors (Lipinski definition) is 3.